The minimum absolute atomic E-state index is 0.0378. The zero-order chi connectivity index (χ0) is 6.85. The van der Waals surface area contributed by atoms with Gasteiger partial charge < -0.3 is 5.11 Å². The average Bonchev–Trinajstić information content (AvgIpc) is 1.83. The Morgan fingerprint density at radius 2 is 2.38 bits per heavy atom. The summed E-state index contributed by atoms with van der Waals surface area (Å²) in [6.45, 7) is 0. The third-order valence-electron chi connectivity index (χ3n) is 0.785. The highest BCUT2D eigenvalue weighted by molar-refractivity contribution is 6.31. The first-order chi connectivity index (χ1) is 4.22. The molecule has 0 aliphatic carbocycles. The Balaban J connectivity index is 3.25. The Kier molecular flexibility index (Phi) is 1.08. The second kappa shape index (κ2) is 2.05. The third-order valence-corrected chi connectivity index (χ3v) is 1.09. The second-order valence-electron chi connectivity index (χ2n) is 1.37. The molecule has 0 aromatic heterocycles. The normalized spacial score (nSPS) is 10.9. The molecular weight excluding hydrogens is 124 g/mol. The van der Waals surface area contributed by atoms with E-state index in [-0.39, 0.29) is 16.8 Å². The van der Waals surface area contributed by atoms with Gasteiger partial charge in [-0.05, 0) is 12.1 Å². The van der Waals surface area contributed by atoms with E-state index in [1.54, 1.807) is 6.07 Å². The molecule has 0 fully saturated rings. The lowest BCUT2D eigenvalue weighted by Gasteiger charge is -1.89. The first kappa shape index (κ1) is 4.21. The summed E-state index contributed by atoms with van der Waals surface area (Å²) in [5.41, 5.74) is 0. The van der Waals surface area contributed by atoms with Crippen molar-refractivity contribution < 1.29 is 6.48 Å². The number of phenolic OH excluding ortho intramolecular Hbond substituents is 1. The van der Waals surface area contributed by atoms with E-state index in [0.717, 1.165) is 0 Å². The van der Waals surface area contributed by atoms with Gasteiger partial charge in [-0.3, -0.25) is 0 Å². The van der Waals surface area contributed by atoms with Gasteiger partial charge in [0, 0.05) is 0 Å². The Hall–Kier alpha value is -0.690. The molecule has 1 aromatic rings. The Bertz CT molecular complexity index is 204. The molecule has 1 N–H and O–H groups in total. The van der Waals surface area contributed by atoms with Gasteiger partial charge in [0.25, 0.3) is 0 Å². The number of para-hydroxylation sites is 1. The molecule has 0 saturated heterocycles. The molecule has 2 heteroatoms. The predicted octanol–water partition coefficient (Wildman–Crippen LogP) is 2.05. The standard InChI is InChI=1S/C6H5ClO/c7-5-3-1-2-4-6(5)8/h1-4,8H/i3D. The summed E-state index contributed by atoms with van der Waals surface area (Å²) in [5, 5.41) is 8.96. The quantitative estimate of drug-likeness (QED) is 0.569. The maximum absolute atomic E-state index is 8.85. The van der Waals surface area contributed by atoms with E-state index in [0.29, 0.717) is 0 Å². The van der Waals surface area contributed by atoms with Crippen LogP contribution in [0.2, 0.25) is 5.02 Å². The monoisotopic (exact) mass is 129 g/mol. The molecule has 42 valence electrons. The summed E-state index contributed by atoms with van der Waals surface area (Å²) in [6.07, 6.45) is 0. The molecule has 0 aliphatic rings. The second-order valence-corrected chi connectivity index (χ2v) is 1.75. The smallest absolute Gasteiger partial charge is 0.134 e. The molecule has 1 nitrogen and oxygen atoms in total. The summed E-state index contributed by atoms with van der Waals surface area (Å²) in [5.74, 6) is -0.0378. The van der Waals surface area contributed by atoms with Crippen LogP contribution in [0.15, 0.2) is 24.2 Å². The van der Waals surface area contributed by atoms with E-state index in [9.17, 15) is 0 Å². The predicted molar refractivity (Wildman–Crippen MR) is 33.1 cm³/mol. The number of hydrogen-bond donors (Lipinski definition) is 1. The van der Waals surface area contributed by atoms with Gasteiger partial charge in [-0.15, -0.1) is 0 Å². The molecule has 0 spiro atoms. The fraction of sp³-hybridized carbons (Fsp3) is 0. The van der Waals surface area contributed by atoms with E-state index in [1.807, 2.05) is 0 Å². The van der Waals surface area contributed by atoms with Crippen LogP contribution in [0.5, 0.6) is 5.75 Å². The SMILES string of the molecule is [2H]c1cccc(O)c1Cl. The number of hydrogen-bond acceptors (Lipinski definition) is 1. The molecule has 0 unspecified atom stereocenters. The summed E-state index contributed by atoms with van der Waals surface area (Å²) < 4.78 is 7.07. The Labute approximate surface area is 53.9 Å². The van der Waals surface area contributed by atoms with Crippen molar-refractivity contribution in [2.24, 2.45) is 0 Å². The molecule has 8 heavy (non-hydrogen) atoms. The van der Waals surface area contributed by atoms with Crippen LogP contribution in [0, 0.1) is 0 Å². The molecule has 0 atom stereocenters. The van der Waals surface area contributed by atoms with Crippen LogP contribution in [0.4, 0.5) is 0 Å². The maximum Gasteiger partial charge on any atom is 0.134 e. The highest BCUT2D eigenvalue weighted by Gasteiger charge is 1.89. The van der Waals surface area contributed by atoms with Crippen LogP contribution in [-0.2, 0) is 0 Å². The molecule has 0 amide bonds. The number of phenols is 1. The van der Waals surface area contributed by atoms with E-state index < -0.39 is 0 Å². The fourth-order valence-electron chi connectivity index (χ4n) is 0.408. The van der Waals surface area contributed by atoms with Gasteiger partial charge in [0.1, 0.15) is 5.75 Å². The van der Waals surface area contributed by atoms with Gasteiger partial charge in [-0.25, -0.2) is 0 Å². The van der Waals surface area contributed by atoms with Crippen LogP contribution >= 0.6 is 11.6 Å². The lowest BCUT2D eigenvalue weighted by molar-refractivity contribution is 0.475. The van der Waals surface area contributed by atoms with Crippen LogP contribution in [0.1, 0.15) is 1.37 Å². The largest absolute Gasteiger partial charge is 0.506 e. The van der Waals surface area contributed by atoms with E-state index in [4.69, 9.17) is 18.1 Å². The minimum Gasteiger partial charge on any atom is -0.506 e. The molecule has 0 aliphatic heterocycles. The minimum atomic E-state index is -0.0378. The van der Waals surface area contributed by atoms with Crippen molar-refractivity contribution in [3.63, 3.8) is 0 Å². The van der Waals surface area contributed by atoms with Crippen molar-refractivity contribution in [1.82, 2.24) is 0 Å². The summed E-state index contributed by atoms with van der Waals surface area (Å²) in [6, 6.07) is 4.68. The van der Waals surface area contributed by atoms with E-state index in [2.05, 4.69) is 0 Å². The van der Waals surface area contributed by atoms with Gasteiger partial charge in [0.2, 0.25) is 0 Å². The fourth-order valence-corrected chi connectivity index (χ4v) is 0.534. The Morgan fingerprint density at radius 1 is 1.62 bits per heavy atom. The van der Waals surface area contributed by atoms with Crippen molar-refractivity contribution in [3.8, 4) is 5.75 Å². The first-order valence-corrected chi connectivity index (χ1v) is 2.53. The zero-order valence-corrected chi connectivity index (χ0v) is 4.81. The molecule has 1 aromatic carbocycles. The van der Waals surface area contributed by atoms with Gasteiger partial charge in [-0.1, -0.05) is 23.7 Å². The molecule has 0 saturated carbocycles. The number of rotatable bonds is 0. The number of aromatic hydroxyl groups is 1. The lowest BCUT2D eigenvalue weighted by Crippen LogP contribution is -1.62. The van der Waals surface area contributed by atoms with Crippen LogP contribution < -0.4 is 0 Å². The number of benzene rings is 1. The zero-order valence-electron chi connectivity index (χ0n) is 5.06. The first-order valence-electron chi connectivity index (χ1n) is 2.66. The lowest BCUT2D eigenvalue weighted by atomic mass is 10.3. The summed E-state index contributed by atoms with van der Waals surface area (Å²) in [4.78, 5) is 0. The Morgan fingerprint density at radius 3 is 2.88 bits per heavy atom. The molecule has 1 rings (SSSR count). The molecule has 0 radical (unpaired) electrons. The van der Waals surface area contributed by atoms with Crippen molar-refractivity contribution in [3.05, 3.63) is 29.3 Å². The van der Waals surface area contributed by atoms with Gasteiger partial charge in [0.05, 0.1) is 6.39 Å². The number of halogens is 1. The van der Waals surface area contributed by atoms with Crippen molar-refractivity contribution in [2.75, 3.05) is 0 Å². The van der Waals surface area contributed by atoms with Crippen LogP contribution in [-0.4, -0.2) is 5.11 Å². The van der Waals surface area contributed by atoms with Crippen molar-refractivity contribution in [2.45, 2.75) is 0 Å². The summed E-state index contributed by atoms with van der Waals surface area (Å²) in [7, 11) is 0. The highest BCUT2D eigenvalue weighted by Crippen LogP contribution is 2.20. The van der Waals surface area contributed by atoms with Crippen molar-refractivity contribution >= 4 is 11.6 Å². The molecular formula is C6H5ClO. The third kappa shape index (κ3) is 0.928. The van der Waals surface area contributed by atoms with Crippen LogP contribution in [0.25, 0.3) is 0 Å². The van der Waals surface area contributed by atoms with Crippen LogP contribution in [0.3, 0.4) is 0 Å². The topological polar surface area (TPSA) is 20.2 Å². The molecule has 0 heterocycles. The highest BCUT2D eigenvalue weighted by atomic mass is 35.5. The van der Waals surface area contributed by atoms with Gasteiger partial charge in [0.15, 0.2) is 0 Å². The van der Waals surface area contributed by atoms with Gasteiger partial charge >= 0.3 is 0 Å². The average molecular weight is 130 g/mol. The summed E-state index contributed by atoms with van der Waals surface area (Å²) >= 11 is 5.44. The van der Waals surface area contributed by atoms with Gasteiger partial charge in [-0.2, -0.15) is 0 Å². The maximum atomic E-state index is 8.85. The molecule has 0 bridgehead atoms. The van der Waals surface area contributed by atoms with E-state index >= 15 is 0 Å². The van der Waals surface area contributed by atoms with E-state index in [1.165, 1.54) is 12.1 Å². The van der Waals surface area contributed by atoms with Crippen molar-refractivity contribution in [1.29, 1.82) is 0 Å².